The van der Waals surface area contributed by atoms with E-state index in [0.717, 1.165) is 25.0 Å². The van der Waals surface area contributed by atoms with Crippen molar-refractivity contribution in [2.45, 2.75) is 24.9 Å². The number of nitrogens with zero attached hydrogens (tertiary/aromatic N) is 1. The van der Waals surface area contributed by atoms with Crippen molar-refractivity contribution in [1.29, 1.82) is 0 Å². The first-order chi connectivity index (χ1) is 8.47. The Morgan fingerprint density at radius 1 is 1.28 bits per heavy atom. The number of H-pyrrole nitrogens is 1. The molecular formula is C12H9F3N2O. The van der Waals surface area contributed by atoms with Crippen molar-refractivity contribution >= 4 is 10.9 Å². The first-order valence-corrected chi connectivity index (χ1v) is 5.55. The molecular weight excluding hydrogens is 245 g/mol. The Hall–Kier alpha value is -1.85. The van der Waals surface area contributed by atoms with Gasteiger partial charge in [0.05, 0.1) is 22.8 Å². The van der Waals surface area contributed by atoms with Gasteiger partial charge in [-0.1, -0.05) is 0 Å². The van der Waals surface area contributed by atoms with Gasteiger partial charge in [-0.2, -0.15) is 13.2 Å². The van der Waals surface area contributed by atoms with Gasteiger partial charge in [-0.15, -0.1) is 0 Å². The van der Waals surface area contributed by atoms with Gasteiger partial charge in [-0.3, -0.25) is 4.79 Å². The molecule has 1 heterocycles. The Labute approximate surface area is 99.7 Å². The number of rotatable bonds is 1. The summed E-state index contributed by atoms with van der Waals surface area (Å²) >= 11 is 0. The molecule has 1 aliphatic rings. The van der Waals surface area contributed by atoms with Gasteiger partial charge in [0.1, 0.15) is 0 Å². The molecule has 1 saturated carbocycles. The molecule has 1 aliphatic carbocycles. The Balaban J connectivity index is 2.36. The molecule has 1 aromatic heterocycles. The van der Waals surface area contributed by atoms with E-state index in [1.807, 2.05) is 0 Å². The minimum Gasteiger partial charge on any atom is -0.313 e. The van der Waals surface area contributed by atoms with Crippen LogP contribution in [0.5, 0.6) is 0 Å². The largest absolute Gasteiger partial charge is 0.416 e. The van der Waals surface area contributed by atoms with Crippen LogP contribution in [0.3, 0.4) is 0 Å². The lowest BCUT2D eigenvalue weighted by atomic mass is 10.0. The van der Waals surface area contributed by atoms with Gasteiger partial charge >= 0.3 is 6.18 Å². The molecule has 6 heteroatoms. The molecule has 3 rings (SSSR count). The maximum Gasteiger partial charge on any atom is 0.416 e. The van der Waals surface area contributed by atoms with Crippen molar-refractivity contribution < 1.29 is 13.2 Å². The van der Waals surface area contributed by atoms with Crippen LogP contribution < -0.4 is 5.56 Å². The van der Waals surface area contributed by atoms with Gasteiger partial charge < -0.3 is 4.98 Å². The average Bonchev–Trinajstić information content (AvgIpc) is 3.11. The molecule has 0 spiro atoms. The standard InChI is InChI=1S/C12H9F3N2O/c13-12(14,15)7-3-8(6-1-2-6)10-9(4-7)11(18)17-5-16-10/h3-6H,1-2H2,(H,16,17,18). The first-order valence-electron chi connectivity index (χ1n) is 5.55. The van der Waals surface area contributed by atoms with Gasteiger partial charge in [-0.25, -0.2) is 4.98 Å². The van der Waals surface area contributed by atoms with Crippen LogP contribution in [0.15, 0.2) is 23.3 Å². The molecule has 2 aromatic rings. The number of hydrogen-bond donors (Lipinski definition) is 1. The number of halogens is 3. The van der Waals surface area contributed by atoms with Crippen LogP contribution in [0, 0.1) is 0 Å². The van der Waals surface area contributed by atoms with E-state index in [0.29, 0.717) is 11.1 Å². The second kappa shape index (κ2) is 3.57. The van der Waals surface area contributed by atoms with Crippen molar-refractivity contribution in [3.63, 3.8) is 0 Å². The smallest absolute Gasteiger partial charge is 0.313 e. The Bertz CT molecular complexity index is 671. The van der Waals surface area contributed by atoms with Crippen LogP contribution in [0.1, 0.15) is 29.9 Å². The van der Waals surface area contributed by atoms with Crippen molar-refractivity contribution in [2.24, 2.45) is 0 Å². The lowest BCUT2D eigenvalue weighted by Gasteiger charge is -2.10. The third-order valence-electron chi connectivity index (χ3n) is 3.12. The fraction of sp³-hybridized carbons (Fsp3) is 0.333. The number of aromatic nitrogens is 2. The summed E-state index contributed by atoms with van der Waals surface area (Å²) in [5.41, 5.74) is -0.399. The highest BCUT2D eigenvalue weighted by molar-refractivity contribution is 5.82. The Morgan fingerprint density at radius 3 is 2.61 bits per heavy atom. The molecule has 0 atom stereocenters. The molecule has 1 aromatic carbocycles. The third kappa shape index (κ3) is 1.77. The first kappa shape index (κ1) is 11.3. The predicted molar refractivity (Wildman–Crippen MR) is 59.3 cm³/mol. The molecule has 0 unspecified atom stereocenters. The lowest BCUT2D eigenvalue weighted by molar-refractivity contribution is -0.137. The summed E-state index contributed by atoms with van der Waals surface area (Å²) in [5, 5.41) is 0.00854. The van der Waals surface area contributed by atoms with E-state index < -0.39 is 17.3 Å². The van der Waals surface area contributed by atoms with Crippen molar-refractivity contribution in [3.05, 3.63) is 39.9 Å². The average molecular weight is 254 g/mol. The molecule has 18 heavy (non-hydrogen) atoms. The zero-order valence-electron chi connectivity index (χ0n) is 9.21. The van der Waals surface area contributed by atoms with E-state index >= 15 is 0 Å². The SMILES string of the molecule is O=c1[nH]cnc2c(C3CC3)cc(C(F)(F)F)cc12. The van der Waals surface area contributed by atoms with E-state index in [-0.39, 0.29) is 11.3 Å². The molecule has 0 saturated heterocycles. The normalized spacial score (nSPS) is 16.2. The van der Waals surface area contributed by atoms with E-state index in [1.54, 1.807) is 0 Å². The van der Waals surface area contributed by atoms with Crippen molar-refractivity contribution in [3.8, 4) is 0 Å². The van der Waals surface area contributed by atoms with E-state index in [1.165, 1.54) is 6.33 Å². The second-order valence-corrected chi connectivity index (χ2v) is 4.47. The molecule has 0 amide bonds. The molecule has 1 N–H and O–H groups in total. The fourth-order valence-corrected chi connectivity index (χ4v) is 2.08. The monoisotopic (exact) mass is 254 g/mol. The summed E-state index contributed by atoms with van der Waals surface area (Å²) < 4.78 is 38.3. The Morgan fingerprint density at radius 2 is 2.00 bits per heavy atom. The number of alkyl halides is 3. The molecule has 0 aliphatic heterocycles. The van der Waals surface area contributed by atoms with Gasteiger partial charge in [0.15, 0.2) is 0 Å². The van der Waals surface area contributed by atoms with Crippen molar-refractivity contribution in [1.82, 2.24) is 9.97 Å². The number of fused-ring (bicyclic) bond motifs is 1. The molecule has 3 nitrogen and oxygen atoms in total. The summed E-state index contributed by atoms with van der Waals surface area (Å²) in [6.07, 6.45) is -1.51. The van der Waals surface area contributed by atoms with E-state index in [2.05, 4.69) is 9.97 Å². The summed E-state index contributed by atoms with van der Waals surface area (Å²) in [5.74, 6) is 0.101. The number of benzene rings is 1. The van der Waals surface area contributed by atoms with Gasteiger partial charge in [0, 0.05) is 0 Å². The van der Waals surface area contributed by atoms with Crippen LogP contribution in [-0.2, 0) is 6.18 Å². The minimum atomic E-state index is -4.44. The lowest BCUT2D eigenvalue weighted by Crippen LogP contribution is -2.12. The highest BCUT2D eigenvalue weighted by atomic mass is 19.4. The predicted octanol–water partition coefficient (Wildman–Crippen LogP) is 2.82. The zero-order chi connectivity index (χ0) is 12.9. The number of hydrogen-bond acceptors (Lipinski definition) is 2. The zero-order valence-corrected chi connectivity index (χ0v) is 9.21. The molecule has 94 valence electrons. The van der Waals surface area contributed by atoms with Gasteiger partial charge in [0.2, 0.25) is 0 Å². The number of nitrogens with one attached hydrogen (secondary N) is 1. The summed E-state index contributed by atoms with van der Waals surface area (Å²) in [6.45, 7) is 0. The summed E-state index contributed by atoms with van der Waals surface area (Å²) in [7, 11) is 0. The third-order valence-corrected chi connectivity index (χ3v) is 3.12. The second-order valence-electron chi connectivity index (χ2n) is 4.47. The number of aromatic amines is 1. The van der Waals surface area contributed by atoms with E-state index in [4.69, 9.17) is 0 Å². The van der Waals surface area contributed by atoms with Crippen LogP contribution in [0.2, 0.25) is 0 Å². The van der Waals surface area contributed by atoms with E-state index in [9.17, 15) is 18.0 Å². The minimum absolute atomic E-state index is 0.00854. The van der Waals surface area contributed by atoms with Gasteiger partial charge in [0.25, 0.3) is 5.56 Å². The van der Waals surface area contributed by atoms with Crippen LogP contribution >= 0.6 is 0 Å². The highest BCUT2D eigenvalue weighted by Gasteiger charge is 2.34. The van der Waals surface area contributed by atoms with Crippen LogP contribution in [0.25, 0.3) is 10.9 Å². The maximum absolute atomic E-state index is 12.8. The molecule has 0 radical (unpaired) electrons. The highest BCUT2D eigenvalue weighted by Crippen LogP contribution is 2.44. The summed E-state index contributed by atoms with van der Waals surface area (Å²) in [4.78, 5) is 17.9. The van der Waals surface area contributed by atoms with Crippen molar-refractivity contribution in [2.75, 3.05) is 0 Å². The molecule has 1 fully saturated rings. The topological polar surface area (TPSA) is 45.8 Å². The summed E-state index contributed by atoms with van der Waals surface area (Å²) in [6, 6.07) is 1.99. The molecule has 0 bridgehead atoms. The Kier molecular flexibility index (Phi) is 2.23. The maximum atomic E-state index is 12.8. The van der Waals surface area contributed by atoms with Crippen LogP contribution in [0.4, 0.5) is 13.2 Å². The quantitative estimate of drug-likeness (QED) is 0.850. The van der Waals surface area contributed by atoms with Crippen LogP contribution in [-0.4, -0.2) is 9.97 Å². The fourth-order valence-electron chi connectivity index (χ4n) is 2.08. The van der Waals surface area contributed by atoms with Gasteiger partial charge in [-0.05, 0) is 36.5 Å².